The van der Waals surface area contributed by atoms with Crippen LogP contribution in [0.15, 0.2) is 48.5 Å². The van der Waals surface area contributed by atoms with Gasteiger partial charge in [0.25, 0.3) is 0 Å². The summed E-state index contributed by atoms with van der Waals surface area (Å²) in [7, 11) is 0. The number of alkyl halides is 3. The number of rotatable bonds is 7. The zero-order chi connectivity index (χ0) is 24.1. The number of nitrogens with zero attached hydrogens (tertiary/aromatic N) is 5. The second kappa shape index (κ2) is 10.2. The number of hydrogen-bond donors (Lipinski definition) is 2. The third kappa shape index (κ3) is 6.99. The molecule has 1 fully saturated rings. The minimum absolute atomic E-state index is 0.0891. The number of anilines is 3. The molecule has 0 radical (unpaired) electrons. The van der Waals surface area contributed by atoms with E-state index in [-0.39, 0.29) is 23.5 Å². The molecular formula is C22H23F4N7O. The van der Waals surface area contributed by atoms with Gasteiger partial charge in [-0.05, 0) is 42.0 Å². The molecule has 2 aromatic carbocycles. The lowest BCUT2D eigenvalue weighted by atomic mass is 10.2. The van der Waals surface area contributed by atoms with Crippen molar-refractivity contribution in [2.24, 2.45) is 0 Å². The second-order valence-electron chi connectivity index (χ2n) is 7.81. The van der Waals surface area contributed by atoms with E-state index >= 15 is 0 Å². The van der Waals surface area contributed by atoms with Crippen LogP contribution in [-0.2, 0) is 13.1 Å². The Labute approximate surface area is 193 Å². The van der Waals surface area contributed by atoms with Gasteiger partial charge in [-0.15, -0.1) is 13.2 Å². The number of aromatic nitrogens is 3. The fraction of sp³-hybridized carbons (Fsp3) is 0.318. The Morgan fingerprint density at radius 2 is 1.47 bits per heavy atom. The molecule has 1 saturated heterocycles. The molecule has 3 N–H and O–H groups in total. The zero-order valence-corrected chi connectivity index (χ0v) is 18.1. The van der Waals surface area contributed by atoms with E-state index in [0.29, 0.717) is 24.6 Å². The zero-order valence-electron chi connectivity index (χ0n) is 18.1. The van der Waals surface area contributed by atoms with E-state index in [1.807, 2.05) is 0 Å². The van der Waals surface area contributed by atoms with Crippen molar-refractivity contribution >= 4 is 17.6 Å². The Bertz CT molecular complexity index is 1090. The summed E-state index contributed by atoms with van der Waals surface area (Å²) in [4.78, 5) is 17.1. The summed E-state index contributed by atoms with van der Waals surface area (Å²) in [6, 6.07) is 11.7. The van der Waals surface area contributed by atoms with E-state index in [1.165, 1.54) is 24.3 Å². The SMILES string of the molecule is Nc1nc(CN2CCN(Cc3ccc(OC(F)(F)F)cc3)CC2)nc(Nc2ccc(F)cc2)n1. The molecule has 8 nitrogen and oxygen atoms in total. The molecule has 2 heterocycles. The van der Waals surface area contributed by atoms with Crippen molar-refractivity contribution in [3.8, 4) is 5.75 Å². The van der Waals surface area contributed by atoms with Gasteiger partial charge in [-0.25, -0.2) is 4.39 Å². The third-order valence-electron chi connectivity index (χ3n) is 5.19. The fourth-order valence-corrected chi connectivity index (χ4v) is 3.59. The minimum atomic E-state index is -4.70. The monoisotopic (exact) mass is 477 g/mol. The maximum atomic E-state index is 13.1. The van der Waals surface area contributed by atoms with Gasteiger partial charge in [0.05, 0.1) is 6.54 Å². The molecule has 34 heavy (non-hydrogen) atoms. The summed E-state index contributed by atoms with van der Waals surface area (Å²) < 4.78 is 53.9. The number of nitrogen functional groups attached to an aromatic ring is 1. The molecule has 0 aliphatic carbocycles. The van der Waals surface area contributed by atoms with Crippen molar-refractivity contribution in [3.05, 3.63) is 65.7 Å². The third-order valence-corrected chi connectivity index (χ3v) is 5.19. The fourth-order valence-electron chi connectivity index (χ4n) is 3.59. The van der Waals surface area contributed by atoms with Crippen LogP contribution in [0, 0.1) is 5.82 Å². The lowest BCUT2D eigenvalue weighted by Crippen LogP contribution is -2.45. The molecule has 0 spiro atoms. The van der Waals surface area contributed by atoms with E-state index in [4.69, 9.17) is 5.73 Å². The smallest absolute Gasteiger partial charge is 0.406 e. The molecule has 180 valence electrons. The van der Waals surface area contributed by atoms with Gasteiger partial charge < -0.3 is 15.8 Å². The number of nitrogens with two attached hydrogens (primary N) is 1. The van der Waals surface area contributed by atoms with Crippen molar-refractivity contribution in [3.63, 3.8) is 0 Å². The van der Waals surface area contributed by atoms with Crippen molar-refractivity contribution < 1.29 is 22.3 Å². The molecule has 0 bridgehead atoms. The predicted molar refractivity (Wildman–Crippen MR) is 118 cm³/mol. The molecule has 12 heteroatoms. The second-order valence-corrected chi connectivity index (χ2v) is 7.81. The minimum Gasteiger partial charge on any atom is -0.406 e. The molecule has 0 amide bonds. The molecule has 0 atom stereocenters. The van der Waals surface area contributed by atoms with Gasteiger partial charge in [-0.3, -0.25) is 9.80 Å². The Balaban J connectivity index is 1.28. The first-order valence-corrected chi connectivity index (χ1v) is 10.5. The Kier molecular flexibility index (Phi) is 7.08. The van der Waals surface area contributed by atoms with Crippen LogP contribution in [0.5, 0.6) is 5.75 Å². The number of halogens is 4. The van der Waals surface area contributed by atoms with Crippen LogP contribution in [0.4, 0.5) is 35.1 Å². The van der Waals surface area contributed by atoms with Crippen LogP contribution >= 0.6 is 0 Å². The maximum absolute atomic E-state index is 13.1. The van der Waals surface area contributed by atoms with E-state index in [2.05, 4.69) is 34.8 Å². The molecular weight excluding hydrogens is 454 g/mol. The lowest BCUT2D eigenvalue weighted by Gasteiger charge is -2.34. The highest BCUT2D eigenvalue weighted by molar-refractivity contribution is 5.53. The topological polar surface area (TPSA) is 92.4 Å². The van der Waals surface area contributed by atoms with Crippen molar-refractivity contribution in [2.45, 2.75) is 19.5 Å². The molecule has 1 aliphatic heterocycles. The maximum Gasteiger partial charge on any atom is 0.573 e. The van der Waals surface area contributed by atoms with Gasteiger partial charge in [0.1, 0.15) is 17.4 Å². The number of nitrogens with one attached hydrogen (secondary N) is 1. The van der Waals surface area contributed by atoms with Gasteiger partial charge in [0.15, 0.2) is 0 Å². The average Bonchev–Trinajstić information content (AvgIpc) is 2.77. The number of piperazine rings is 1. The van der Waals surface area contributed by atoms with E-state index < -0.39 is 6.36 Å². The Morgan fingerprint density at radius 3 is 2.09 bits per heavy atom. The van der Waals surface area contributed by atoms with Gasteiger partial charge >= 0.3 is 6.36 Å². The van der Waals surface area contributed by atoms with Gasteiger partial charge in [-0.1, -0.05) is 12.1 Å². The van der Waals surface area contributed by atoms with Crippen LogP contribution in [0.1, 0.15) is 11.4 Å². The quantitative estimate of drug-likeness (QED) is 0.500. The largest absolute Gasteiger partial charge is 0.573 e. The highest BCUT2D eigenvalue weighted by atomic mass is 19.4. The summed E-state index contributed by atoms with van der Waals surface area (Å²) >= 11 is 0. The lowest BCUT2D eigenvalue weighted by molar-refractivity contribution is -0.274. The van der Waals surface area contributed by atoms with E-state index in [9.17, 15) is 17.6 Å². The van der Waals surface area contributed by atoms with Crippen LogP contribution < -0.4 is 15.8 Å². The first kappa shape index (κ1) is 23.6. The number of ether oxygens (including phenoxy) is 1. The van der Waals surface area contributed by atoms with Gasteiger partial charge in [-0.2, -0.15) is 15.0 Å². The van der Waals surface area contributed by atoms with Crippen LogP contribution in [-0.4, -0.2) is 57.3 Å². The molecule has 3 aromatic rings. The first-order valence-electron chi connectivity index (χ1n) is 10.5. The van der Waals surface area contributed by atoms with E-state index in [0.717, 1.165) is 31.7 Å². The van der Waals surface area contributed by atoms with Crippen LogP contribution in [0.25, 0.3) is 0 Å². The Morgan fingerprint density at radius 1 is 0.853 bits per heavy atom. The highest BCUT2D eigenvalue weighted by Gasteiger charge is 2.31. The molecule has 0 saturated carbocycles. The van der Waals surface area contributed by atoms with Crippen molar-refractivity contribution in [2.75, 3.05) is 37.2 Å². The van der Waals surface area contributed by atoms with E-state index in [1.54, 1.807) is 24.3 Å². The van der Waals surface area contributed by atoms with Crippen molar-refractivity contribution in [1.82, 2.24) is 24.8 Å². The summed E-state index contributed by atoms with van der Waals surface area (Å²) in [6.45, 7) is 4.21. The number of benzene rings is 2. The van der Waals surface area contributed by atoms with Crippen LogP contribution in [0.2, 0.25) is 0 Å². The molecule has 4 rings (SSSR count). The molecule has 1 aromatic heterocycles. The summed E-state index contributed by atoms with van der Waals surface area (Å²) in [5.74, 6) is 0.321. The number of hydrogen-bond acceptors (Lipinski definition) is 8. The summed E-state index contributed by atoms with van der Waals surface area (Å²) in [5.41, 5.74) is 7.37. The standard InChI is InChI=1S/C22H23F4N7O/c23-16-3-5-17(6-4-16)28-21-30-19(29-20(27)31-21)14-33-11-9-32(10-12-33)13-15-1-7-18(8-2-15)34-22(24,25)26/h1-8H,9-14H2,(H3,27,28,29,30,31). The predicted octanol–water partition coefficient (Wildman–Crippen LogP) is 3.55. The van der Waals surface area contributed by atoms with Gasteiger partial charge in [0, 0.05) is 38.4 Å². The summed E-state index contributed by atoms with van der Waals surface area (Å²) in [5, 5.41) is 2.99. The Hall–Kier alpha value is -3.51. The van der Waals surface area contributed by atoms with Crippen molar-refractivity contribution in [1.29, 1.82) is 0 Å². The van der Waals surface area contributed by atoms with Gasteiger partial charge in [0.2, 0.25) is 11.9 Å². The van der Waals surface area contributed by atoms with Crippen LogP contribution in [0.3, 0.4) is 0 Å². The molecule has 0 unspecified atom stereocenters. The average molecular weight is 477 g/mol. The molecule has 1 aliphatic rings. The highest BCUT2D eigenvalue weighted by Crippen LogP contribution is 2.23. The summed E-state index contributed by atoms with van der Waals surface area (Å²) in [6.07, 6.45) is -4.70. The normalized spacial score (nSPS) is 15.3. The first-order chi connectivity index (χ1) is 16.2.